The summed E-state index contributed by atoms with van der Waals surface area (Å²) in [7, 11) is 0. The second-order valence-electron chi connectivity index (χ2n) is 2.28. The summed E-state index contributed by atoms with van der Waals surface area (Å²) >= 11 is 0. The molecular formula is C7H16ClNO. The molecule has 2 N–H and O–H groups in total. The normalized spacial score (nSPS) is 8.50. The van der Waals surface area contributed by atoms with E-state index >= 15 is 0 Å². The van der Waals surface area contributed by atoms with Crippen LogP contribution in [0, 0.1) is 0 Å². The first kappa shape index (κ1) is 12.4. The Morgan fingerprint density at radius 3 is 2.30 bits per heavy atom. The average Bonchev–Trinajstić information content (AvgIpc) is 1.80. The van der Waals surface area contributed by atoms with Gasteiger partial charge in [-0.25, -0.2) is 0 Å². The molecule has 0 rings (SSSR count). The van der Waals surface area contributed by atoms with Gasteiger partial charge >= 0.3 is 0 Å². The standard InChI is InChI=1S/C7H15NO.ClH/c1-2-3-4-5-6-7(8)9;/h2-6H2,1H3,(H2,8,9);1H. The second-order valence-corrected chi connectivity index (χ2v) is 2.28. The molecule has 3 heteroatoms. The number of carbonyl (C=O) groups excluding carboxylic acids is 1. The molecule has 0 aliphatic carbocycles. The minimum absolute atomic E-state index is 0. The predicted octanol–water partition coefficient (Wildman–Crippen LogP) is 1.86. The average molecular weight is 166 g/mol. The lowest BCUT2D eigenvalue weighted by atomic mass is 10.1. The van der Waals surface area contributed by atoms with Gasteiger partial charge in [-0.2, -0.15) is 0 Å². The van der Waals surface area contributed by atoms with Crippen LogP contribution in [0.1, 0.15) is 39.0 Å². The molecule has 0 unspecified atom stereocenters. The number of amides is 1. The lowest BCUT2D eigenvalue weighted by Gasteiger charge is -1.93. The summed E-state index contributed by atoms with van der Waals surface area (Å²) in [6.07, 6.45) is 5.08. The van der Waals surface area contributed by atoms with E-state index in [-0.39, 0.29) is 18.3 Å². The zero-order valence-corrected chi connectivity index (χ0v) is 7.25. The van der Waals surface area contributed by atoms with Gasteiger partial charge in [0.2, 0.25) is 5.91 Å². The van der Waals surface area contributed by atoms with E-state index in [4.69, 9.17) is 5.73 Å². The predicted molar refractivity (Wildman–Crippen MR) is 45.2 cm³/mol. The maximum Gasteiger partial charge on any atom is 0.217 e. The van der Waals surface area contributed by atoms with Gasteiger partial charge in [0, 0.05) is 6.42 Å². The van der Waals surface area contributed by atoms with Crippen molar-refractivity contribution in [3.63, 3.8) is 0 Å². The summed E-state index contributed by atoms with van der Waals surface area (Å²) in [6, 6.07) is 0. The van der Waals surface area contributed by atoms with Gasteiger partial charge < -0.3 is 5.73 Å². The van der Waals surface area contributed by atoms with E-state index in [1.165, 1.54) is 12.8 Å². The number of nitrogens with two attached hydrogens (primary N) is 1. The summed E-state index contributed by atoms with van der Waals surface area (Å²) in [6.45, 7) is 2.14. The smallest absolute Gasteiger partial charge is 0.217 e. The first-order chi connectivity index (χ1) is 4.27. The van der Waals surface area contributed by atoms with Crippen molar-refractivity contribution >= 4 is 18.3 Å². The third-order valence-corrected chi connectivity index (χ3v) is 1.28. The third-order valence-electron chi connectivity index (χ3n) is 1.28. The van der Waals surface area contributed by atoms with Gasteiger partial charge in [0.25, 0.3) is 0 Å². The van der Waals surface area contributed by atoms with Crippen molar-refractivity contribution < 1.29 is 4.79 Å². The number of hydrogen-bond acceptors (Lipinski definition) is 1. The number of carbonyl (C=O) groups is 1. The molecule has 0 aromatic heterocycles. The van der Waals surface area contributed by atoms with Crippen molar-refractivity contribution in [3.05, 3.63) is 0 Å². The van der Waals surface area contributed by atoms with Crippen LogP contribution in [0.25, 0.3) is 0 Å². The number of primary amides is 1. The van der Waals surface area contributed by atoms with Crippen LogP contribution in [0.4, 0.5) is 0 Å². The highest BCUT2D eigenvalue weighted by Gasteiger charge is 1.91. The molecule has 0 bridgehead atoms. The van der Waals surface area contributed by atoms with Gasteiger partial charge in [-0.15, -0.1) is 12.4 Å². The van der Waals surface area contributed by atoms with Crippen molar-refractivity contribution in [3.8, 4) is 0 Å². The zero-order chi connectivity index (χ0) is 7.11. The van der Waals surface area contributed by atoms with Crippen LogP contribution < -0.4 is 5.73 Å². The van der Waals surface area contributed by atoms with Crippen molar-refractivity contribution in [2.24, 2.45) is 5.73 Å². The Hall–Kier alpha value is -0.240. The van der Waals surface area contributed by atoms with Crippen LogP contribution >= 0.6 is 12.4 Å². The Morgan fingerprint density at radius 1 is 1.30 bits per heavy atom. The van der Waals surface area contributed by atoms with Crippen molar-refractivity contribution in [1.82, 2.24) is 0 Å². The summed E-state index contributed by atoms with van der Waals surface area (Å²) in [5, 5.41) is 0. The highest BCUT2D eigenvalue weighted by atomic mass is 35.5. The van der Waals surface area contributed by atoms with E-state index in [0.29, 0.717) is 6.42 Å². The highest BCUT2D eigenvalue weighted by molar-refractivity contribution is 5.85. The van der Waals surface area contributed by atoms with Crippen LogP contribution in [0.15, 0.2) is 0 Å². The van der Waals surface area contributed by atoms with Gasteiger partial charge in [0.1, 0.15) is 0 Å². The molecule has 0 aromatic rings. The second kappa shape index (κ2) is 8.76. The van der Waals surface area contributed by atoms with Crippen LogP contribution in [0.5, 0.6) is 0 Å². The van der Waals surface area contributed by atoms with E-state index in [9.17, 15) is 4.79 Å². The van der Waals surface area contributed by atoms with Crippen molar-refractivity contribution in [1.29, 1.82) is 0 Å². The maximum absolute atomic E-state index is 10.2. The molecule has 0 fully saturated rings. The molecule has 0 aliphatic rings. The monoisotopic (exact) mass is 165 g/mol. The molecule has 0 saturated carbocycles. The van der Waals surface area contributed by atoms with E-state index in [2.05, 4.69) is 6.92 Å². The Labute approximate surface area is 68.6 Å². The number of hydrogen-bond donors (Lipinski definition) is 1. The molecule has 0 radical (unpaired) electrons. The Bertz CT molecular complexity index is 85.7. The highest BCUT2D eigenvalue weighted by Crippen LogP contribution is 2.00. The maximum atomic E-state index is 10.2. The molecular weight excluding hydrogens is 150 g/mol. The fourth-order valence-electron chi connectivity index (χ4n) is 0.726. The molecule has 0 spiro atoms. The van der Waals surface area contributed by atoms with Gasteiger partial charge in [0.05, 0.1) is 0 Å². The molecule has 0 aliphatic heterocycles. The van der Waals surface area contributed by atoms with Crippen LogP contribution in [-0.4, -0.2) is 5.91 Å². The molecule has 62 valence electrons. The lowest BCUT2D eigenvalue weighted by molar-refractivity contribution is -0.118. The Morgan fingerprint density at radius 2 is 1.90 bits per heavy atom. The van der Waals surface area contributed by atoms with Crippen LogP contribution in [-0.2, 0) is 4.79 Å². The molecule has 0 atom stereocenters. The topological polar surface area (TPSA) is 43.1 Å². The fourth-order valence-corrected chi connectivity index (χ4v) is 0.726. The van der Waals surface area contributed by atoms with E-state index in [1.54, 1.807) is 0 Å². The minimum Gasteiger partial charge on any atom is -0.370 e. The summed E-state index contributed by atoms with van der Waals surface area (Å²) in [5.41, 5.74) is 4.94. The molecule has 0 heterocycles. The summed E-state index contributed by atoms with van der Waals surface area (Å²) in [4.78, 5) is 10.2. The van der Waals surface area contributed by atoms with Gasteiger partial charge in [-0.1, -0.05) is 26.2 Å². The quantitative estimate of drug-likeness (QED) is 0.621. The first-order valence-corrected chi connectivity index (χ1v) is 3.55. The van der Waals surface area contributed by atoms with Gasteiger partial charge in [0.15, 0.2) is 0 Å². The fraction of sp³-hybridized carbons (Fsp3) is 0.857. The Balaban J connectivity index is 0. The SMILES string of the molecule is CCCCCCC(N)=O.Cl. The lowest BCUT2D eigenvalue weighted by Crippen LogP contribution is -2.09. The van der Waals surface area contributed by atoms with Gasteiger partial charge in [-0.05, 0) is 6.42 Å². The van der Waals surface area contributed by atoms with E-state index in [0.717, 1.165) is 12.8 Å². The van der Waals surface area contributed by atoms with E-state index in [1.807, 2.05) is 0 Å². The molecule has 1 amide bonds. The minimum atomic E-state index is -0.175. The summed E-state index contributed by atoms with van der Waals surface area (Å²) in [5.74, 6) is -0.175. The van der Waals surface area contributed by atoms with Crippen molar-refractivity contribution in [2.75, 3.05) is 0 Å². The van der Waals surface area contributed by atoms with E-state index < -0.39 is 0 Å². The molecule has 2 nitrogen and oxygen atoms in total. The largest absolute Gasteiger partial charge is 0.370 e. The first-order valence-electron chi connectivity index (χ1n) is 3.55. The Kier molecular flexibility index (Phi) is 10.9. The molecule has 0 saturated heterocycles. The number of halogens is 1. The number of rotatable bonds is 5. The van der Waals surface area contributed by atoms with Gasteiger partial charge in [-0.3, -0.25) is 4.79 Å². The molecule has 10 heavy (non-hydrogen) atoms. The van der Waals surface area contributed by atoms with Crippen molar-refractivity contribution in [2.45, 2.75) is 39.0 Å². The zero-order valence-electron chi connectivity index (χ0n) is 6.43. The third kappa shape index (κ3) is 10.7. The van der Waals surface area contributed by atoms with Crippen LogP contribution in [0.2, 0.25) is 0 Å². The molecule has 0 aromatic carbocycles. The summed E-state index contributed by atoms with van der Waals surface area (Å²) < 4.78 is 0. The van der Waals surface area contributed by atoms with Crippen LogP contribution in [0.3, 0.4) is 0 Å². The number of unbranched alkanes of at least 4 members (excludes halogenated alkanes) is 3.